The second-order valence-corrected chi connectivity index (χ2v) is 3.73. The van der Waals surface area contributed by atoms with Crippen LogP contribution in [0.2, 0.25) is 0 Å². The summed E-state index contributed by atoms with van der Waals surface area (Å²) in [5.74, 6) is 0. The molecule has 15 heavy (non-hydrogen) atoms. The zero-order chi connectivity index (χ0) is 10.8. The molecule has 2 unspecified atom stereocenters. The van der Waals surface area contributed by atoms with Crippen molar-refractivity contribution in [2.45, 2.75) is 32.1 Å². The summed E-state index contributed by atoms with van der Waals surface area (Å²) in [5.41, 5.74) is 0.409. The first-order valence-electron chi connectivity index (χ1n) is 5.03. The normalized spacial score (nSPS) is 25.7. The Balaban J connectivity index is 2.20. The molecule has 0 spiro atoms. The van der Waals surface area contributed by atoms with Crippen LogP contribution in [0, 0.1) is 6.92 Å². The van der Waals surface area contributed by atoms with E-state index in [2.05, 4.69) is 4.98 Å². The molecule has 1 aromatic rings. The fourth-order valence-electron chi connectivity index (χ4n) is 1.74. The van der Waals surface area contributed by atoms with Crippen LogP contribution in [0.25, 0.3) is 0 Å². The van der Waals surface area contributed by atoms with Crippen LogP contribution in [0.3, 0.4) is 0 Å². The summed E-state index contributed by atoms with van der Waals surface area (Å²) in [4.78, 5) is 15.4. The van der Waals surface area contributed by atoms with Gasteiger partial charge in [-0.2, -0.15) is 4.98 Å². The van der Waals surface area contributed by atoms with Crippen molar-refractivity contribution in [1.29, 1.82) is 0 Å². The molecule has 1 aliphatic rings. The lowest BCUT2D eigenvalue weighted by molar-refractivity contribution is -0.0246. The Morgan fingerprint density at radius 3 is 3.07 bits per heavy atom. The van der Waals surface area contributed by atoms with E-state index in [1.165, 1.54) is 4.57 Å². The Kier molecular flexibility index (Phi) is 2.83. The van der Waals surface area contributed by atoms with Gasteiger partial charge in [0.25, 0.3) is 0 Å². The number of rotatable bonds is 2. The lowest BCUT2D eigenvalue weighted by atomic mass is 10.2. The highest BCUT2D eigenvalue weighted by atomic mass is 16.5. The van der Waals surface area contributed by atoms with Crippen LogP contribution in [0.15, 0.2) is 17.1 Å². The average Bonchev–Trinajstić information content (AvgIpc) is 2.66. The first-order chi connectivity index (χ1) is 7.20. The van der Waals surface area contributed by atoms with Gasteiger partial charge in [0.1, 0.15) is 6.23 Å². The number of aliphatic hydroxyl groups excluding tert-OH is 1. The highest BCUT2D eigenvalue weighted by molar-refractivity contribution is 4.96. The average molecular weight is 210 g/mol. The summed E-state index contributed by atoms with van der Waals surface area (Å²) >= 11 is 0. The maximum Gasteiger partial charge on any atom is 0.349 e. The van der Waals surface area contributed by atoms with Gasteiger partial charge in [-0.3, -0.25) is 4.57 Å². The summed E-state index contributed by atoms with van der Waals surface area (Å²) in [6.07, 6.45) is 2.79. The van der Waals surface area contributed by atoms with Gasteiger partial charge in [0.15, 0.2) is 0 Å². The van der Waals surface area contributed by atoms with Crippen LogP contribution in [0.1, 0.15) is 24.8 Å². The summed E-state index contributed by atoms with van der Waals surface area (Å²) in [5, 5.41) is 8.92. The van der Waals surface area contributed by atoms with Crippen LogP contribution in [0.4, 0.5) is 0 Å². The van der Waals surface area contributed by atoms with Crippen molar-refractivity contribution < 1.29 is 9.84 Å². The number of aryl methyl sites for hydroxylation is 1. The van der Waals surface area contributed by atoms with Gasteiger partial charge in [-0.25, -0.2) is 4.79 Å². The number of nitrogens with zero attached hydrogens (tertiary/aromatic N) is 2. The fourth-order valence-corrected chi connectivity index (χ4v) is 1.74. The molecule has 0 amide bonds. The van der Waals surface area contributed by atoms with Gasteiger partial charge in [-0.05, 0) is 25.8 Å². The number of hydrogen-bond donors (Lipinski definition) is 1. The zero-order valence-corrected chi connectivity index (χ0v) is 8.59. The third kappa shape index (κ3) is 2.08. The Labute approximate surface area is 87.3 Å². The van der Waals surface area contributed by atoms with E-state index in [1.807, 2.05) is 0 Å². The minimum Gasteiger partial charge on any atom is -0.394 e. The predicted octanol–water partition coefficient (Wildman–Crippen LogP) is 0.222. The largest absolute Gasteiger partial charge is 0.394 e. The van der Waals surface area contributed by atoms with Crippen molar-refractivity contribution >= 4 is 0 Å². The number of hydrogen-bond acceptors (Lipinski definition) is 4. The van der Waals surface area contributed by atoms with Crippen LogP contribution in [0.5, 0.6) is 0 Å². The van der Waals surface area contributed by atoms with E-state index in [4.69, 9.17) is 9.84 Å². The first kappa shape index (κ1) is 10.3. The van der Waals surface area contributed by atoms with Crippen molar-refractivity contribution in [3.63, 3.8) is 0 Å². The van der Waals surface area contributed by atoms with Gasteiger partial charge in [0.2, 0.25) is 0 Å². The van der Waals surface area contributed by atoms with Gasteiger partial charge >= 0.3 is 5.69 Å². The van der Waals surface area contributed by atoms with Crippen LogP contribution in [-0.2, 0) is 4.74 Å². The minimum absolute atomic E-state index is 0.00450. The molecule has 1 fully saturated rings. The van der Waals surface area contributed by atoms with Gasteiger partial charge in [-0.1, -0.05) is 0 Å². The molecule has 0 radical (unpaired) electrons. The summed E-state index contributed by atoms with van der Waals surface area (Å²) in [6.45, 7) is 1.78. The third-order valence-electron chi connectivity index (χ3n) is 2.57. The van der Waals surface area contributed by atoms with E-state index in [1.54, 1.807) is 19.2 Å². The summed E-state index contributed by atoms with van der Waals surface area (Å²) < 4.78 is 6.97. The molecule has 2 atom stereocenters. The molecule has 0 bridgehead atoms. The molecular weight excluding hydrogens is 196 g/mol. The lowest BCUT2D eigenvalue weighted by Gasteiger charge is -2.14. The highest BCUT2D eigenvalue weighted by Crippen LogP contribution is 2.26. The van der Waals surface area contributed by atoms with E-state index in [-0.39, 0.29) is 24.6 Å². The van der Waals surface area contributed by atoms with Crippen molar-refractivity contribution in [2.24, 2.45) is 0 Å². The summed E-state index contributed by atoms with van der Waals surface area (Å²) in [7, 11) is 0. The maximum absolute atomic E-state index is 11.5. The Morgan fingerprint density at radius 2 is 2.47 bits per heavy atom. The molecule has 2 rings (SSSR count). The predicted molar refractivity (Wildman–Crippen MR) is 53.5 cm³/mol. The maximum atomic E-state index is 11.5. The smallest absolute Gasteiger partial charge is 0.349 e. The zero-order valence-electron chi connectivity index (χ0n) is 8.59. The Bertz CT molecular complexity index is 402. The van der Waals surface area contributed by atoms with E-state index < -0.39 is 0 Å². The molecule has 2 heterocycles. The molecule has 0 aromatic carbocycles. The molecule has 82 valence electrons. The van der Waals surface area contributed by atoms with E-state index in [9.17, 15) is 4.79 Å². The van der Waals surface area contributed by atoms with Gasteiger partial charge in [0.05, 0.1) is 12.7 Å². The van der Waals surface area contributed by atoms with Gasteiger partial charge < -0.3 is 9.84 Å². The molecule has 0 aliphatic carbocycles. The lowest BCUT2D eigenvalue weighted by Crippen LogP contribution is -2.27. The Hall–Kier alpha value is -1.20. The second-order valence-electron chi connectivity index (χ2n) is 3.73. The molecule has 1 N–H and O–H groups in total. The molecule has 1 aliphatic heterocycles. The molecule has 1 saturated heterocycles. The molecule has 5 nitrogen and oxygen atoms in total. The monoisotopic (exact) mass is 210 g/mol. The Morgan fingerprint density at radius 1 is 1.67 bits per heavy atom. The minimum atomic E-state index is -0.293. The number of ether oxygens (including phenoxy) is 1. The SMILES string of the molecule is Cc1ccn(C2CCC(CO)O2)c(=O)n1. The highest BCUT2D eigenvalue weighted by Gasteiger charge is 2.26. The molecule has 5 heteroatoms. The van der Waals surface area contributed by atoms with Crippen molar-refractivity contribution in [2.75, 3.05) is 6.61 Å². The van der Waals surface area contributed by atoms with Gasteiger partial charge in [0, 0.05) is 11.9 Å². The first-order valence-corrected chi connectivity index (χ1v) is 5.03. The van der Waals surface area contributed by atoms with Crippen molar-refractivity contribution in [1.82, 2.24) is 9.55 Å². The molecule has 0 saturated carbocycles. The van der Waals surface area contributed by atoms with E-state index in [0.717, 1.165) is 12.8 Å². The molecule has 1 aromatic heterocycles. The third-order valence-corrected chi connectivity index (χ3v) is 2.57. The summed E-state index contributed by atoms with van der Waals surface area (Å²) in [6, 6.07) is 1.77. The van der Waals surface area contributed by atoms with Crippen molar-refractivity contribution in [3.8, 4) is 0 Å². The number of aromatic nitrogens is 2. The number of aliphatic hydroxyl groups is 1. The fraction of sp³-hybridized carbons (Fsp3) is 0.600. The second kappa shape index (κ2) is 4.12. The van der Waals surface area contributed by atoms with Gasteiger partial charge in [-0.15, -0.1) is 0 Å². The molecular formula is C10H14N2O3. The van der Waals surface area contributed by atoms with E-state index in [0.29, 0.717) is 5.69 Å². The van der Waals surface area contributed by atoms with Crippen LogP contribution in [-0.4, -0.2) is 27.4 Å². The van der Waals surface area contributed by atoms with Crippen molar-refractivity contribution in [3.05, 3.63) is 28.4 Å². The topological polar surface area (TPSA) is 64.3 Å². The van der Waals surface area contributed by atoms with E-state index >= 15 is 0 Å². The standard InChI is InChI=1S/C10H14N2O3/c1-7-4-5-12(10(14)11-7)9-3-2-8(6-13)15-9/h4-5,8-9,13H,2-3,6H2,1H3. The quantitative estimate of drug-likeness (QED) is 0.758. The van der Waals surface area contributed by atoms with Crippen LogP contribution < -0.4 is 5.69 Å². The van der Waals surface area contributed by atoms with Crippen LogP contribution >= 0.6 is 0 Å².